The van der Waals surface area contributed by atoms with Gasteiger partial charge in [-0.2, -0.15) is 0 Å². The second kappa shape index (κ2) is 5.95. The van der Waals surface area contributed by atoms with Gasteiger partial charge in [0, 0.05) is 19.0 Å². The highest BCUT2D eigenvalue weighted by Crippen LogP contribution is 2.37. The number of carbonyl (C=O) groups excluding carboxylic acids is 1. The molecule has 1 heterocycles. The number of likely N-dealkylation sites (N-methyl/N-ethyl adjacent to an activating group) is 1. The highest BCUT2D eigenvalue weighted by atomic mass is 16.5. The Balaban J connectivity index is 1.94. The first-order valence-corrected chi connectivity index (χ1v) is 7.87. The summed E-state index contributed by atoms with van der Waals surface area (Å²) in [7, 11) is 0. The van der Waals surface area contributed by atoms with E-state index in [2.05, 4.69) is 19.9 Å². The van der Waals surface area contributed by atoms with Crippen LogP contribution in [0.2, 0.25) is 0 Å². The lowest BCUT2D eigenvalue weighted by atomic mass is 9.97. The van der Waals surface area contributed by atoms with Crippen molar-refractivity contribution in [3.05, 3.63) is 53.1 Å². The van der Waals surface area contributed by atoms with Crippen LogP contribution < -0.4 is 9.64 Å². The van der Waals surface area contributed by atoms with Crippen LogP contribution >= 0.6 is 0 Å². The van der Waals surface area contributed by atoms with Crippen LogP contribution in [0.1, 0.15) is 23.6 Å². The zero-order chi connectivity index (χ0) is 16.6. The number of hydrogen-bond donors (Lipinski definition) is 1. The smallest absolute Gasteiger partial charge is 0.268 e. The SMILES string of the molecule is CCN1C(=O)C(Cc2cccc(C)c2C)Oc2ccc(O)cc21. The number of aryl methyl sites for hydroxylation is 1. The molecule has 120 valence electrons. The van der Waals surface area contributed by atoms with Crippen LogP contribution in [0.15, 0.2) is 36.4 Å². The summed E-state index contributed by atoms with van der Waals surface area (Å²) < 4.78 is 5.93. The van der Waals surface area contributed by atoms with E-state index in [0.717, 1.165) is 5.56 Å². The molecule has 1 aliphatic rings. The molecule has 0 saturated carbocycles. The first kappa shape index (κ1) is 15.4. The van der Waals surface area contributed by atoms with Crippen molar-refractivity contribution in [2.45, 2.75) is 33.3 Å². The summed E-state index contributed by atoms with van der Waals surface area (Å²) in [5, 5.41) is 9.66. The lowest BCUT2D eigenvalue weighted by Crippen LogP contribution is -2.46. The Morgan fingerprint density at radius 1 is 1.22 bits per heavy atom. The van der Waals surface area contributed by atoms with Gasteiger partial charge in [0.1, 0.15) is 11.5 Å². The Morgan fingerprint density at radius 2 is 2.00 bits per heavy atom. The molecule has 0 aromatic heterocycles. The Hall–Kier alpha value is -2.49. The van der Waals surface area contributed by atoms with Crippen molar-refractivity contribution in [2.24, 2.45) is 0 Å². The van der Waals surface area contributed by atoms with E-state index >= 15 is 0 Å². The van der Waals surface area contributed by atoms with Gasteiger partial charge in [-0.05, 0) is 49.6 Å². The number of benzene rings is 2. The van der Waals surface area contributed by atoms with Crippen molar-refractivity contribution in [1.82, 2.24) is 0 Å². The molecule has 4 nitrogen and oxygen atoms in total. The fraction of sp³-hybridized carbons (Fsp3) is 0.316. The van der Waals surface area contributed by atoms with Crippen molar-refractivity contribution in [2.75, 3.05) is 11.4 Å². The molecule has 0 bridgehead atoms. The van der Waals surface area contributed by atoms with Gasteiger partial charge >= 0.3 is 0 Å². The first-order chi connectivity index (χ1) is 11.0. The van der Waals surface area contributed by atoms with Crippen LogP contribution in [0.25, 0.3) is 0 Å². The zero-order valence-electron chi connectivity index (χ0n) is 13.7. The fourth-order valence-electron chi connectivity index (χ4n) is 3.00. The molecule has 0 saturated heterocycles. The van der Waals surface area contributed by atoms with Gasteiger partial charge in [0.25, 0.3) is 5.91 Å². The summed E-state index contributed by atoms with van der Waals surface area (Å²) in [5.74, 6) is 0.706. The normalized spacial score (nSPS) is 16.9. The number of rotatable bonds is 3. The molecule has 0 radical (unpaired) electrons. The van der Waals surface area contributed by atoms with Crippen LogP contribution in [0, 0.1) is 13.8 Å². The zero-order valence-corrected chi connectivity index (χ0v) is 13.7. The van der Waals surface area contributed by atoms with Gasteiger partial charge in [-0.15, -0.1) is 0 Å². The van der Waals surface area contributed by atoms with Crippen molar-refractivity contribution >= 4 is 11.6 Å². The molecule has 0 aliphatic carbocycles. The lowest BCUT2D eigenvalue weighted by molar-refractivity contribution is -0.126. The van der Waals surface area contributed by atoms with Crippen LogP contribution in [0.4, 0.5) is 5.69 Å². The van der Waals surface area contributed by atoms with E-state index in [0.29, 0.717) is 24.4 Å². The molecular weight excluding hydrogens is 290 g/mol. The van der Waals surface area contributed by atoms with E-state index < -0.39 is 6.10 Å². The molecule has 1 N–H and O–H groups in total. The highest BCUT2D eigenvalue weighted by molar-refractivity contribution is 6.00. The van der Waals surface area contributed by atoms with Gasteiger partial charge in [0.2, 0.25) is 0 Å². The van der Waals surface area contributed by atoms with Crippen LogP contribution in [0.5, 0.6) is 11.5 Å². The summed E-state index contributed by atoms with van der Waals surface area (Å²) in [5.41, 5.74) is 4.17. The average molecular weight is 311 g/mol. The third-order valence-electron chi connectivity index (χ3n) is 4.48. The van der Waals surface area contributed by atoms with Gasteiger partial charge in [-0.3, -0.25) is 4.79 Å². The molecule has 4 heteroatoms. The number of amides is 1. The summed E-state index contributed by atoms with van der Waals surface area (Å²) in [6, 6.07) is 11.0. The van der Waals surface area contributed by atoms with E-state index in [9.17, 15) is 9.90 Å². The quantitative estimate of drug-likeness (QED) is 0.945. The number of hydrogen-bond acceptors (Lipinski definition) is 3. The number of fused-ring (bicyclic) bond motifs is 1. The van der Waals surface area contributed by atoms with E-state index in [4.69, 9.17) is 4.74 Å². The topological polar surface area (TPSA) is 49.8 Å². The van der Waals surface area contributed by atoms with Gasteiger partial charge in [0.05, 0.1) is 5.69 Å². The Kier molecular flexibility index (Phi) is 3.99. The third kappa shape index (κ3) is 2.77. The number of ether oxygens (including phenoxy) is 1. The maximum Gasteiger partial charge on any atom is 0.268 e. The number of aromatic hydroxyl groups is 1. The Morgan fingerprint density at radius 3 is 2.74 bits per heavy atom. The lowest BCUT2D eigenvalue weighted by Gasteiger charge is -2.34. The van der Waals surface area contributed by atoms with E-state index in [1.165, 1.54) is 11.1 Å². The Labute approximate surface area is 136 Å². The Bertz CT molecular complexity index is 754. The average Bonchev–Trinajstić information content (AvgIpc) is 2.53. The monoisotopic (exact) mass is 311 g/mol. The minimum atomic E-state index is -0.535. The van der Waals surface area contributed by atoms with Gasteiger partial charge in [0.15, 0.2) is 6.10 Å². The van der Waals surface area contributed by atoms with Crippen molar-refractivity contribution in [3.8, 4) is 11.5 Å². The fourth-order valence-corrected chi connectivity index (χ4v) is 3.00. The molecule has 1 aliphatic heterocycles. The van der Waals surface area contributed by atoms with E-state index in [1.807, 2.05) is 19.1 Å². The first-order valence-electron chi connectivity index (χ1n) is 7.87. The number of anilines is 1. The molecule has 2 aromatic carbocycles. The highest BCUT2D eigenvalue weighted by Gasteiger charge is 2.34. The predicted octanol–water partition coefficient (Wildman–Crippen LogP) is 3.37. The van der Waals surface area contributed by atoms with Crippen molar-refractivity contribution in [1.29, 1.82) is 0 Å². The number of carbonyl (C=O) groups is 1. The molecule has 3 rings (SSSR count). The van der Waals surface area contributed by atoms with Crippen LogP contribution in [0.3, 0.4) is 0 Å². The maximum atomic E-state index is 12.8. The summed E-state index contributed by atoms with van der Waals surface area (Å²) in [4.78, 5) is 14.4. The predicted molar refractivity (Wildman–Crippen MR) is 90.2 cm³/mol. The number of phenolic OH excluding ortho intramolecular Hbond substituents is 1. The van der Waals surface area contributed by atoms with Crippen molar-refractivity contribution in [3.63, 3.8) is 0 Å². The second-order valence-electron chi connectivity index (χ2n) is 5.90. The minimum absolute atomic E-state index is 0.0634. The van der Waals surface area contributed by atoms with Crippen LogP contribution in [-0.4, -0.2) is 23.7 Å². The molecule has 2 aromatic rings. The molecule has 1 amide bonds. The van der Waals surface area contributed by atoms with Crippen molar-refractivity contribution < 1.29 is 14.6 Å². The van der Waals surface area contributed by atoms with Gasteiger partial charge < -0.3 is 14.7 Å². The molecule has 0 fully saturated rings. The molecule has 0 spiro atoms. The summed E-state index contributed by atoms with van der Waals surface area (Å²) >= 11 is 0. The summed E-state index contributed by atoms with van der Waals surface area (Å²) in [6.07, 6.45) is 0.0101. The van der Waals surface area contributed by atoms with Gasteiger partial charge in [-0.25, -0.2) is 0 Å². The summed E-state index contributed by atoms with van der Waals surface area (Å²) in [6.45, 7) is 6.61. The van der Waals surface area contributed by atoms with E-state index in [1.54, 1.807) is 23.1 Å². The molecule has 1 atom stereocenters. The number of nitrogens with zero attached hydrogens (tertiary/aromatic N) is 1. The molecule has 1 unspecified atom stereocenters. The molecular formula is C19H21NO3. The maximum absolute atomic E-state index is 12.8. The van der Waals surface area contributed by atoms with Gasteiger partial charge in [-0.1, -0.05) is 18.2 Å². The van der Waals surface area contributed by atoms with Crippen LogP contribution in [-0.2, 0) is 11.2 Å². The number of phenols is 1. The minimum Gasteiger partial charge on any atom is -0.508 e. The standard InChI is InChI=1S/C19H21NO3/c1-4-20-16-11-15(21)8-9-17(16)23-18(19(20)22)10-14-7-5-6-12(2)13(14)3/h5-9,11,18,21H,4,10H2,1-3H3. The second-order valence-corrected chi connectivity index (χ2v) is 5.90. The molecule has 23 heavy (non-hydrogen) atoms. The third-order valence-corrected chi connectivity index (χ3v) is 4.48. The largest absolute Gasteiger partial charge is 0.508 e. The van der Waals surface area contributed by atoms with E-state index in [-0.39, 0.29) is 11.7 Å².